The Morgan fingerprint density at radius 3 is 2.78 bits per heavy atom. The van der Waals surface area contributed by atoms with Crippen LogP contribution in [0.1, 0.15) is 6.42 Å². The molecule has 1 aromatic carbocycles. The minimum Gasteiger partial charge on any atom is -0.490 e. The molecule has 1 fully saturated rings. The van der Waals surface area contributed by atoms with Crippen LogP contribution in [0.15, 0.2) is 30.3 Å². The Bertz CT molecular complexity index is 428. The van der Waals surface area contributed by atoms with Crippen LogP contribution >= 0.6 is 0 Å². The second kappa shape index (κ2) is 5.53. The molecule has 0 aromatic heterocycles. The van der Waals surface area contributed by atoms with Crippen LogP contribution in [0, 0.1) is 5.92 Å². The highest BCUT2D eigenvalue weighted by Gasteiger charge is 2.40. The molecule has 1 aliphatic rings. The summed E-state index contributed by atoms with van der Waals surface area (Å²) in [4.78, 5) is 22.7. The van der Waals surface area contributed by atoms with Crippen LogP contribution in [0.2, 0.25) is 0 Å². The second-order valence-corrected chi connectivity index (χ2v) is 3.99. The molecule has 2 unspecified atom stereocenters. The van der Waals surface area contributed by atoms with E-state index in [9.17, 15) is 9.59 Å². The minimum absolute atomic E-state index is 0.239. The van der Waals surface area contributed by atoms with Crippen molar-refractivity contribution >= 4 is 11.9 Å². The third-order valence-electron chi connectivity index (χ3n) is 2.73. The van der Waals surface area contributed by atoms with E-state index >= 15 is 0 Å². The maximum atomic E-state index is 11.4. The van der Waals surface area contributed by atoms with Crippen molar-refractivity contribution in [2.75, 3.05) is 13.7 Å². The molecule has 0 spiro atoms. The van der Waals surface area contributed by atoms with E-state index in [-0.39, 0.29) is 6.61 Å². The molecule has 2 rings (SSSR count). The molecule has 1 aromatic rings. The van der Waals surface area contributed by atoms with Gasteiger partial charge in [0.1, 0.15) is 18.5 Å². The lowest BCUT2D eigenvalue weighted by molar-refractivity contribution is -0.155. The van der Waals surface area contributed by atoms with Crippen LogP contribution in [0.25, 0.3) is 0 Å². The fourth-order valence-corrected chi connectivity index (χ4v) is 1.80. The monoisotopic (exact) mass is 250 g/mol. The lowest BCUT2D eigenvalue weighted by Gasteiger charge is -2.10. The molecular formula is C13H14O5. The van der Waals surface area contributed by atoms with Crippen LogP contribution in [0.5, 0.6) is 5.75 Å². The van der Waals surface area contributed by atoms with Gasteiger partial charge in [-0.1, -0.05) is 18.2 Å². The molecule has 1 aliphatic heterocycles. The summed E-state index contributed by atoms with van der Waals surface area (Å²) in [7, 11) is 1.25. The van der Waals surface area contributed by atoms with E-state index in [1.165, 1.54) is 7.11 Å². The van der Waals surface area contributed by atoms with Gasteiger partial charge in [-0.25, -0.2) is 0 Å². The van der Waals surface area contributed by atoms with Crippen molar-refractivity contribution in [2.45, 2.75) is 12.5 Å². The van der Waals surface area contributed by atoms with Gasteiger partial charge < -0.3 is 14.2 Å². The molecule has 0 bridgehead atoms. The number of cyclic esters (lactones) is 1. The summed E-state index contributed by atoms with van der Waals surface area (Å²) < 4.78 is 15.1. The second-order valence-electron chi connectivity index (χ2n) is 3.99. The summed E-state index contributed by atoms with van der Waals surface area (Å²) in [6, 6.07) is 9.22. The predicted molar refractivity (Wildman–Crippen MR) is 61.9 cm³/mol. The largest absolute Gasteiger partial charge is 0.490 e. The van der Waals surface area contributed by atoms with Crippen LogP contribution in [-0.4, -0.2) is 31.8 Å². The van der Waals surface area contributed by atoms with E-state index in [2.05, 4.69) is 4.74 Å². The van der Waals surface area contributed by atoms with Crippen molar-refractivity contribution in [3.63, 3.8) is 0 Å². The molecule has 18 heavy (non-hydrogen) atoms. The quantitative estimate of drug-likeness (QED) is 0.593. The van der Waals surface area contributed by atoms with Gasteiger partial charge in [-0.2, -0.15) is 0 Å². The number of hydrogen-bond acceptors (Lipinski definition) is 5. The fraction of sp³-hybridized carbons (Fsp3) is 0.385. The van der Waals surface area contributed by atoms with Gasteiger partial charge in [-0.15, -0.1) is 0 Å². The van der Waals surface area contributed by atoms with Gasteiger partial charge in [0, 0.05) is 6.42 Å². The van der Waals surface area contributed by atoms with Gasteiger partial charge in [0.15, 0.2) is 5.92 Å². The normalized spacial score (nSPS) is 22.4. The number of carbonyl (C=O) groups is 2. The minimum atomic E-state index is -0.820. The van der Waals surface area contributed by atoms with Crippen molar-refractivity contribution in [2.24, 2.45) is 5.92 Å². The summed E-state index contributed by atoms with van der Waals surface area (Å²) in [5, 5.41) is 0. The first-order valence-electron chi connectivity index (χ1n) is 5.67. The Hall–Kier alpha value is -2.04. The number of ether oxygens (including phenoxy) is 3. The number of esters is 2. The predicted octanol–water partition coefficient (Wildman–Crippen LogP) is 1.17. The van der Waals surface area contributed by atoms with E-state index in [0.29, 0.717) is 12.2 Å². The van der Waals surface area contributed by atoms with E-state index < -0.39 is 24.0 Å². The van der Waals surface area contributed by atoms with Crippen LogP contribution < -0.4 is 4.74 Å². The zero-order valence-electron chi connectivity index (χ0n) is 10.00. The van der Waals surface area contributed by atoms with Gasteiger partial charge in [-0.05, 0) is 12.1 Å². The Kier molecular flexibility index (Phi) is 3.82. The topological polar surface area (TPSA) is 61.8 Å². The number of para-hydroxylation sites is 1. The molecule has 1 heterocycles. The van der Waals surface area contributed by atoms with Gasteiger partial charge >= 0.3 is 11.9 Å². The standard InChI is InChI=1S/C13H14O5/c1-16-12(14)11-7-10(18-13(11)15)8-17-9-5-3-2-4-6-9/h2-6,10-11H,7-8H2,1H3. The molecular weight excluding hydrogens is 236 g/mol. The molecule has 5 heteroatoms. The molecule has 1 saturated heterocycles. The lowest BCUT2D eigenvalue weighted by atomic mass is 10.1. The average molecular weight is 250 g/mol. The molecule has 0 aliphatic carbocycles. The maximum absolute atomic E-state index is 11.4. The smallest absolute Gasteiger partial charge is 0.320 e. The first kappa shape index (κ1) is 12.4. The van der Waals surface area contributed by atoms with Crippen LogP contribution in [0.4, 0.5) is 0 Å². The summed E-state index contributed by atoms with van der Waals surface area (Å²) in [6.07, 6.45) is -0.0972. The summed E-state index contributed by atoms with van der Waals surface area (Å²) in [6.45, 7) is 0.239. The van der Waals surface area contributed by atoms with Gasteiger partial charge in [0.05, 0.1) is 7.11 Å². The molecule has 0 radical (unpaired) electrons. The zero-order valence-corrected chi connectivity index (χ0v) is 10.00. The number of hydrogen-bond donors (Lipinski definition) is 0. The van der Waals surface area contributed by atoms with E-state index in [4.69, 9.17) is 9.47 Å². The van der Waals surface area contributed by atoms with Crippen molar-refractivity contribution in [1.82, 2.24) is 0 Å². The molecule has 96 valence electrons. The third-order valence-corrected chi connectivity index (χ3v) is 2.73. The highest BCUT2D eigenvalue weighted by atomic mass is 16.6. The third kappa shape index (κ3) is 2.80. The highest BCUT2D eigenvalue weighted by molar-refractivity contribution is 5.96. The molecule has 5 nitrogen and oxygen atoms in total. The Balaban J connectivity index is 1.86. The lowest BCUT2D eigenvalue weighted by Crippen LogP contribution is -2.20. The number of carbonyl (C=O) groups excluding carboxylic acids is 2. The van der Waals surface area contributed by atoms with Gasteiger partial charge in [-0.3, -0.25) is 9.59 Å². The Morgan fingerprint density at radius 1 is 1.39 bits per heavy atom. The van der Waals surface area contributed by atoms with Gasteiger partial charge in [0.2, 0.25) is 0 Å². The molecule has 0 saturated carbocycles. The van der Waals surface area contributed by atoms with Crippen molar-refractivity contribution in [1.29, 1.82) is 0 Å². The summed E-state index contributed by atoms with van der Waals surface area (Å²) in [5.74, 6) is -1.21. The fourth-order valence-electron chi connectivity index (χ4n) is 1.80. The summed E-state index contributed by atoms with van der Waals surface area (Å²) in [5.41, 5.74) is 0. The zero-order chi connectivity index (χ0) is 13.0. The van der Waals surface area contributed by atoms with Crippen molar-refractivity contribution in [3.8, 4) is 5.75 Å². The van der Waals surface area contributed by atoms with E-state index in [0.717, 1.165) is 0 Å². The van der Waals surface area contributed by atoms with E-state index in [1.54, 1.807) is 0 Å². The first-order chi connectivity index (χ1) is 8.70. The maximum Gasteiger partial charge on any atom is 0.320 e. The Labute approximate surface area is 105 Å². The van der Waals surface area contributed by atoms with Gasteiger partial charge in [0.25, 0.3) is 0 Å². The first-order valence-corrected chi connectivity index (χ1v) is 5.67. The number of rotatable bonds is 4. The molecule has 2 atom stereocenters. The average Bonchev–Trinajstić information content (AvgIpc) is 2.78. The Morgan fingerprint density at radius 2 is 2.11 bits per heavy atom. The number of benzene rings is 1. The summed E-state index contributed by atoms with van der Waals surface area (Å²) >= 11 is 0. The van der Waals surface area contributed by atoms with Crippen molar-refractivity contribution < 1.29 is 23.8 Å². The molecule has 0 amide bonds. The van der Waals surface area contributed by atoms with Crippen molar-refractivity contribution in [3.05, 3.63) is 30.3 Å². The number of methoxy groups -OCH3 is 1. The molecule has 0 N–H and O–H groups in total. The van der Waals surface area contributed by atoms with E-state index in [1.807, 2.05) is 30.3 Å². The van der Waals surface area contributed by atoms with Crippen LogP contribution in [0.3, 0.4) is 0 Å². The van der Waals surface area contributed by atoms with Crippen LogP contribution in [-0.2, 0) is 19.1 Å². The SMILES string of the molecule is COC(=O)C1CC(COc2ccccc2)OC1=O. The highest BCUT2D eigenvalue weighted by Crippen LogP contribution is 2.23.